The zero-order valence-electron chi connectivity index (χ0n) is 6.62. The van der Waals surface area contributed by atoms with Gasteiger partial charge in [-0.3, -0.25) is 0 Å². The van der Waals surface area contributed by atoms with Gasteiger partial charge in [0, 0.05) is 18.4 Å². The minimum absolute atomic E-state index is 0.00694. The predicted octanol–water partition coefficient (Wildman–Crippen LogP) is 1.74. The first-order valence-corrected chi connectivity index (χ1v) is 3.41. The Morgan fingerprint density at radius 3 is 1.70 bits per heavy atom. The van der Waals surface area contributed by atoms with Gasteiger partial charge in [-0.15, -0.1) is 0 Å². The molecule has 0 heterocycles. The molecule has 0 aliphatic heterocycles. The van der Waals surface area contributed by atoms with E-state index in [1.165, 1.54) is 0 Å². The smallest absolute Gasteiger partial charge is 0.251 e. The third-order valence-electron chi connectivity index (χ3n) is 2.36. The highest BCUT2D eigenvalue weighted by Crippen LogP contribution is 2.47. The van der Waals surface area contributed by atoms with Gasteiger partial charge < -0.3 is 4.90 Å². The van der Waals surface area contributed by atoms with Crippen LogP contribution in [0.4, 0.5) is 8.78 Å². The summed E-state index contributed by atoms with van der Waals surface area (Å²) < 4.78 is 24.7. The maximum Gasteiger partial charge on any atom is 0.251 e. The molecule has 0 saturated heterocycles. The molecule has 0 atom stereocenters. The van der Waals surface area contributed by atoms with Crippen molar-refractivity contribution < 1.29 is 8.78 Å². The lowest BCUT2D eigenvalue weighted by Crippen LogP contribution is -2.57. The number of halogens is 2. The van der Waals surface area contributed by atoms with Crippen LogP contribution in [0.15, 0.2) is 0 Å². The molecule has 0 aromatic heterocycles. The molecule has 10 heavy (non-hydrogen) atoms. The molecule has 0 N–H and O–H groups in total. The van der Waals surface area contributed by atoms with Crippen LogP contribution < -0.4 is 0 Å². The molecule has 1 aliphatic rings. The normalized spacial score (nSPS) is 28.2. The largest absolute Gasteiger partial charge is 0.304 e. The lowest BCUT2D eigenvalue weighted by molar-refractivity contribution is -0.158. The van der Waals surface area contributed by atoms with E-state index < -0.39 is 5.92 Å². The molecule has 60 valence electrons. The van der Waals surface area contributed by atoms with Crippen LogP contribution in [0, 0.1) is 0 Å². The second-order valence-corrected chi connectivity index (χ2v) is 3.60. The molecule has 1 saturated carbocycles. The van der Waals surface area contributed by atoms with Gasteiger partial charge in [-0.1, -0.05) is 0 Å². The zero-order chi connectivity index (χ0) is 7.99. The fourth-order valence-electron chi connectivity index (χ4n) is 1.38. The second-order valence-electron chi connectivity index (χ2n) is 3.60. The minimum atomic E-state index is -2.40. The molecule has 3 heteroatoms. The van der Waals surface area contributed by atoms with Crippen molar-refractivity contribution in [3.63, 3.8) is 0 Å². The Morgan fingerprint density at radius 2 is 1.60 bits per heavy atom. The Morgan fingerprint density at radius 1 is 1.20 bits per heavy atom. The molecule has 1 nitrogen and oxygen atoms in total. The molecule has 0 aromatic rings. The van der Waals surface area contributed by atoms with Gasteiger partial charge in [-0.05, 0) is 21.0 Å². The molecule has 1 fully saturated rings. The summed E-state index contributed by atoms with van der Waals surface area (Å²) in [6, 6.07) is 0. The lowest BCUT2D eigenvalue weighted by atomic mass is 9.74. The van der Waals surface area contributed by atoms with Crippen LogP contribution in [0.1, 0.15) is 19.8 Å². The van der Waals surface area contributed by atoms with E-state index in [1.807, 2.05) is 25.9 Å². The third kappa shape index (κ3) is 1.15. The standard InChI is InChI=1S/C7H13F2N/c1-6(10(2)3)4-7(8,9)5-6/h4-5H2,1-3H3. The highest BCUT2D eigenvalue weighted by Gasteiger charge is 2.54. The van der Waals surface area contributed by atoms with Gasteiger partial charge in [-0.25, -0.2) is 8.78 Å². The highest BCUT2D eigenvalue weighted by atomic mass is 19.3. The zero-order valence-corrected chi connectivity index (χ0v) is 6.62. The molecule has 0 bridgehead atoms. The summed E-state index contributed by atoms with van der Waals surface area (Å²) >= 11 is 0. The summed E-state index contributed by atoms with van der Waals surface area (Å²) in [4.78, 5) is 1.87. The number of rotatable bonds is 1. The summed E-state index contributed by atoms with van der Waals surface area (Å²) in [6.45, 7) is 1.87. The second kappa shape index (κ2) is 1.91. The first-order chi connectivity index (χ1) is 4.36. The van der Waals surface area contributed by atoms with Crippen molar-refractivity contribution in [3.8, 4) is 0 Å². The molecule has 0 spiro atoms. The Kier molecular flexibility index (Phi) is 1.51. The first kappa shape index (κ1) is 7.92. The average molecular weight is 149 g/mol. The molecule has 0 unspecified atom stereocenters. The molecule has 0 radical (unpaired) electrons. The van der Waals surface area contributed by atoms with E-state index in [2.05, 4.69) is 0 Å². The number of hydrogen-bond donors (Lipinski definition) is 0. The van der Waals surface area contributed by atoms with Crippen LogP contribution in [0.3, 0.4) is 0 Å². The third-order valence-corrected chi connectivity index (χ3v) is 2.36. The quantitative estimate of drug-likeness (QED) is 0.549. The van der Waals surface area contributed by atoms with E-state index in [1.54, 1.807) is 0 Å². The van der Waals surface area contributed by atoms with E-state index in [0.29, 0.717) is 0 Å². The van der Waals surface area contributed by atoms with Crippen molar-refractivity contribution in [2.75, 3.05) is 14.1 Å². The summed E-state index contributed by atoms with van der Waals surface area (Å²) in [6.07, 6.45) is 0.0139. The van der Waals surface area contributed by atoms with E-state index >= 15 is 0 Å². The van der Waals surface area contributed by atoms with Gasteiger partial charge in [0.05, 0.1) is 0 Å². The van der Waals surface area contributed by atoms with Gasteiger partial charge in [0.1, 0.15) is 0 Å². The van der Waals surface area contributed by atoms with Crippen molar-refractivity contribution in [1.82, 2.24) is 4.90 Å². The van der Waals surface area contributed by atoms with Gasteiger partial charge >= 0.3 is 0 Å². The van der Waals surface area contributed by atoms with Crippen molar-refractivity contribution >= 4 is 0 Å². The minimum Gasteiger partial charge on any atom is -0.304 e. The fourth-order valence-corrected chi connectivity index (χ4v) is 1.38. The Balaban J connectivity index is 2.50. The SMILES string of the molecule is CN(C)C1(C)CC(F)(F)C1. The van der Waals surface area contributed by atoms with Gasteiger partial charge in [0.15, 0.2) is 0 Å². The molecule has 1 aliphatic carbocycles. The van der Waals surface area contributed by atoms with Crippen LogP contribution in [0.25, 0.3) is 0 Å². The van der Waals surface area contributed by atoms with Gasteiger partial charge in [0.2, 0.25) is 0 Å². The average Bonchev–Trinajstić information content (AvgIpc) is 1.59. The molecule has 0 amide bonds. The van der Waals surface area contributed by atoms with Crippen LogP contribution >= 0.6 is 0 Å². The molecule has 1 rings (SSSR count). The Bertz CT molecular complexity index is 135. The van der Waals surface area contributed by atoms with Crippen LogP contribution in [-0.4, -0.2) is 30.5 Å². The topological polar surface area (TPSA) is 3.24 Å². The van der Waals surface area contributed by atoms with Crippen LogP contribution in [-0.2, 0) is 0 Å². The summed E-state index contributed by atoms with van der Waals surface area (Å²) in [5.74, 6) is -2.40. The van der Waals surface area contributed by atoms with Crippen LogP contribution in [0.2, 0.25) is 0 Å². The van der Waals surface area contributed by atoms with Crippen molar-refractivity contribution in [2.45, 2.75) is 31.2 Å². The number of hydrogen-bond acceptors (Lipinski definition) is 1. The van der Waals surface area contributed by atoms with E-state index in [-0.39, 0.29) is 18.4 Å². The van der Waals surface area contributed by atoms with Crippen molar-refractivity contribution in [2.24, 2.45) is 0 Å². The Labute approximate surface area is 60.0 Å². The molecular weight excluding hydrogens is 136 g/mol. The Hall–Kier alpha value is -0.180. The maximum absolute atomic E-state index is 12.4. The first-order valence-electron chi connectivity index (χ1n) is 3.41. The van der Waals surface area contributed by atoms with Crippen LogP contribution in [0.5, 0.6) is 0 Å². The van der Waals surface area contributed by atoms with Gasteiger partial charge in [-0.2, -0.15) is 0 Å². The lowest BCUT2D eigenvalue weighted by Gasteiger charge is -2.49. The van der Waals surface area contributed by atoms with E-state index in [0.717, 1.165) is 0 Å². The highest BCUT2D eigenvalue weighted by molar-refractivity contribution is 5.02. The van der Waals surface area contributed by atoms with Crippen molar-refractivity contribution in [3.05, 3.63) is 0 Å². The maximum atomic E-state index is 12.4. The molecule has 0 aromatic carbocycles. The predicted molar refractivity (Wildman–Crippen MR) is 36.3 cm³/mol. The number of alkyl halides is 2. The summed E-state index contributed by atoms with van der Waals surface area (Å²) in [5, 5.41) is 0. The van der Waals surface area contributed by atoms with E-state index in [9.17, 15) is 8.78 Å². The monoisotopic (exact) mass is 149 g/mol. The van der Waals surface area contributed by atoms with E-state index in [4.69, 9.17) is 0 Å². The van der Waals surface area contributed by atoms with Gasteiger partial charge in [0.25, 0.3) is 5.92 Å². The summed E-state index contributed by atoms with van der Waals surface area (Å²) in [7, 11) is 3.68. The molecular formula is C7H13F2N. The summed E-state index contributed by atoms with van der Waals surface area (Å²) in [5.41, 5.74) is -0.260. The number of nitrogens with zero attached hydrogens (tertiary/aromatic N) is 1. The van der Waals surface area contributed by atoms with Crippen molar-refractivity contribution in [1.29, 1.82) is 0 Å². The fraction of sp³-hybridized carbons (Fsp3) is 1.00.